The fourth-order valence-corrected chi connectivity index (χ4v) is 2.83. The van der Waals surface area contributed by atoms with E-state index in [9.17, 15) is 4.39 Å². The Bertz CT molecular complexity index is 643. The fourth-order valence-electron chi connectivity index (χ4n) is 2.48. The summed E-state index contributed by atoms with van der Waals surface area (Å²) in [5, 5.41) is 3.61. The maximum atomic E-state index is 12.5. The van der Waals surface area contributed by atoms with Gasteiger partial charge in [-0.25, -0.2) is 0 Å². The molecule has 7 heteroatoms. The summed E-state index contributed by atoms with van der Waals surface area (Å²) in [6, 6.07) is 3.54. The Hall–Kier alpha value is -1.46. The molecular formula is C21H30Cl2FNO3. The zero-order valence-corrected chi connectivity index (χ0v) is 18.4. The Kier molecular flexibility index (Phi) is 12.8. The van der Waals surface area contributed by atoms with Crippen molar-refractivity contribution in [1.82, 2.24) is 0 Å². The van der Waals surface area contributed by atoms with Gasteiger partial charge in [-0.05, 0) is 51.2 Å². The lowest BCUT2D eigenvalue weighted by molar-refractivity contribution is 0.139. The summed E-state index contributed by atoms with van der Waals surface area (Å²) in [6.07, 6.45) is 7.21. The van der Waals surface area contributed by atoms with E-state index in [1.54, 1.807) is 6.07 Å². The summed E-state index contributed by atoms with van der Waals surface area (Å²) in [5.41, 5.74) is 1.89. The lowest BCUT2D eigenvalue weighted by atomic mass is 10.1. The van der Waals surface area contributed by atoms with Crippen LogP contribution in [0.4, 0.5) is 4.39 Å². The number of rotatable bonds is 14. The molecule has 0 aromatic heterocycles. The minimum absolute atomic E-state index is 0.0461. The van der Waals surface area contributed by atoms with Crippen LogP contribution >= 0.6 is 23.2 Å². The Morgan fingerprint density at radius 2 is 1.75 bits per heavy atom. The number of ether oxygens (including phenoxy) is 2. The van der Waals surface area contributed by atoms with Gasteiger partial charge in [-0.2, -0.15) is 4.39 Å². The van der Waals surface area contributed by atoms with Gasteiger partial charge in [0.1, 0.15) is 24.7 Å². The Morgan fingerprint density at radius 1 is 1.07 bits per heavy atom. The van der Waals surface area contributed by atoms with Crippen LogP contribution in [0.3, 0.4) is 0 Å². The SMILES string of the molecule is CCc1cc(OC/C=C(\F)Cl)cc(Cl)c1OCCCCCCCON=C(C)C. The molecule has 4 nitrogen and oxygen atoms in total. The smallest absolute Gasteiger partial charge is 0.188 e. The molecule has 28 heavy (non-hydrogen) atoms. The maximum Gasteiger partial charge on any atom is 0.188 e. The van der Waals surface area contributed by atoms with E-state index in [2.05, 4.69) is 5.16 Å². The highest BCUT2D eigenvalue weighted by molar-refractivity contribution is 6.32. The average molecular weight is 434 g/mol. The van der Waals surface area contributed by atoms with Crippen molar-refractivity contribution >= 4 is 28.9 Å². The van der Waals surface area contributed by atoms with Crippen molar-refractivity contribution in [1.29, 1.82) is 0 Å². The molecule has 1 rings (SSSR count). The Balaban J connectivity index is 2.33. The number of oxime groups is 1. The van der Waals surface area contributed by atoms with E-state index in [0.717, 1.165) is 55.9 Å². The highest BCUT2D eigenvalue weighted by Gasteiger charge is 2.11. The van der Waals surface area contributed by atoms with Crippen molar-refractivity contribution in [3.05, 3.63) is 34.1 Å². The fraction of sp³-hybridized carbons (Fsp3) is 0.571. The molecular weight excluding hydrogens is 404 g/mol. The molecule has 0 radical (unpaired) electrons. The van der Waals surface area contributed by atoms with Gasteiger partial charge in [0.25, 0.3) is 0 Å². The first-order valence-corrected chi connectivity index (χ1v) is 10.4. The third-order valence-electron chi connectivity index (χ3n) is 3.84. The number of aryl methyl sites for hydroxylation is 1. The first kappa shape index (κ1) is 24.6. The number of hydrogen-bond acceptors (Lipinski definition) is 4. The zero-order chi connectivity index (χ0) is 20.8. The molecule has 158 valence electrons. The second-order valence-electron chi connectivity index (χ2n) is 6.54. The first-order valence-electron chi connectivity index (χ1n) is 9.66. The van der Waals surface area contributed by atoms with Gasteiger partial charge in [0.05, 0.1) is 17.3 Å². The van der Waals surface area contributed by atoms with Gasteiger partial charge in [0, 0.05) is 12.1 Å². The van der Waals surface area contributed by atoms with E-state index in [1.165, 1.54) is 0 Å². The van der Waals surface area contributed by atoms with Gasteiger partial charge in [-0.1, -0.05) is 48.1 Å². The quantitative estimate of drug-likeness (QED) is 0.179. The minimum atomic E-state index is -0.793. The van der Waals surface area contributed by atoms with Crippen LogP contribution in [0.25, 0.3) is 0 Å². The van der Waals surface area contributed by atoms with Crippen molar-refractivity contribution in [3.8, 4) is 11.5 Å². The summed E-state index contributed by atoms with van der Waals surface area (Å²) in [4.78, 5) is 5.18. The Morgan fingerprint density at radius 3 is 2.39 bits per heavy atom. The lowest BCUT2D eigenvalue weighted by Gasteiger charge is -2.14. The van der Waals surface area contributed by atoms with E-state index in [-0.39, 0.29) is 6.61 Å². The molecule has 0 saturated heterocycles. The molecule has 0 amide bonds. The molecule has 0 fully saturated rings. The predicted molar refractivity (Wildman–Crippen MR) is 115 cm³/mol. The van der Waals surface area contributed by atoms with Crippen molar-refractivity contribution in [3.63, 3.8) is 0 Å². The van der Waals surface area contributed by atoms with Gasteiger partial charge < -0.3 is 14.3 Å². The molecule has 0 unspecified atom stereocenters. The van der Waals surface area contributed by atoms with Crippen LogP contribution in [0.5, 0.6) is 11.5 Å². The molecule has 0 aliphatic heterocycles. The van der Waals surface area contributed by atoms with E-state index in [4.69, 9.17) is 37.5 Å². The molecule has 0 atom stereocenters. The van der Waals surface area contributed by atoms with Crippen LogP contribution in [0.1, 0.15) is 58.4 Å². The molecule has 0 aliphatic rings. The molecule has 1 aromatic rings. The van der Waals surface area contributed by atoms with E-state index in [1.807, 2.05) is 26.8 Å². The number of hydrogen-bond donors (Lipinski definition) is 0. The number of halogens is 3. The second kappa shape index (κ2) is 14.5. The molecule has 0 spiro atoms. The summed E-state index contributed by atoms with van der Waals surface area (Å²) in [5.74, 6) is 1.25. The third-order valence-corrected chi connectivity index (χ3v) is 4.27. The molecule has 0 heterocycles. The largest absolute Gasteiger partial charge is 0.492 e. The van der Waals surface area contributed by atoms with Crippen molar-refractivity contribution < 1.29 is 18.7 Å². The van der Waals surface area contributed by atoms with Crippen molar-refractivity contribution in [2.75, 3.05) is 19.8 Å². The molecule has 0 saturated carbocycles. The molecule has 0 N–H and O–H groups in total. The summed E-state index contributed by atoms with van der Waals surface area (Å²) in [7, 11) is 0. The van der Waals surface area contributed by atoms with Gasteiger partial charge in [-0.3, -0.25) is 0 Å². The lowest BCUT2D eigenvalue weighted by Crippen LogP contribution is -2.02. The van der Waals surface area contributed by atoms with Gasteiger partial charge in [0.2, 0.25) is 0 Å². The zero-order valence-electron chi connectivity index (χ0n) is 16.9. The number of unbranched alkanes of at least 4 members (excludes halogenated alkanes) is 4. The van der Waals surface area contributed by atoms with Crippen molar-refractivity contribution in [2.24, 2.45) is 5.16 Å². The van der Waals surface area contributed by atoms with Crippen LogP contribution in [-0.2, 0) is 11.3 Å². The second-order valence-corrected chi connectivity index (χ2v) is 7.31. The Labute approximate surface area is 177 Å². The minimum Gasteiger partial charge on any atom is -0.492 e. The average Bonchev–Trinajstić information content (AvgIpc) is 2.63. The van der Waals surface area contributed by atoms with Crippen LogP contribution in [-0.4, -0.2) is 25.5 Å². The normalized spacial score (nSPS) is 11.3. The van der Waals surface area contributed by atoms with Crippen LogP contribution < -0.4 is 9.47 Å². The van der Waals surface area contributed by atoms with Crippen LogP contribution in [0.2, 0.25) is 5.02 Å². The van der Waals surface area contributed by atoms with E-state index >= 15 is 0 Å². The predicted octanol–water partition coefficient (Wildman–Crippen LogP) is 7.07. The van der Waals surface area contributed by atoms with Gasteiger partial charge in [-0.15, -0.1) is 0 Å². The monoisotopic (exact) mass is 433 g/mol. The highest BCUT2D eigenvalue weighted by atomic mass is 35.5. The van der Waals surface area contributed by atoms with Gasteiger partial charge in [0.15, 0.2) is 5.29 Å². The summed E-state index contributed by atoms with van der Waals surface area (Å²) < 4.78 is 23.9. The maximum absolute atomic E-state index is 12.5. The summed E-state index contributed by atoms with van der Waals surface area (Å²) >= 11 is 11.5. The van der Waals surface area contributed by atoms with E-state index in [0.29, 0.717) is 29.7 Å². The molecule has 0 bridgehead atoms. The number of benzene rings is 1. The topological polar surface area (TPSA) is 40.0 Å². The summed E-state index contributed by atoms with van der Waals surface area (Å²) in [6.45, 7) is 7.17. The third kappa shape index (κ3) is 10.8. The van der Waals surface area contributed by atoms with E-state index < -0.39 is 5.29 Å². The van der Waals surface area contributed by atoms with Crippen LogP contribution in [0.15, 0.2) is 28.7 Å². The molecule has 0 aliphatic carbocycles. The van der Waals surface area contributed by atoms with Gasteiger partial charge >= 0.3 is 0 Å². The highest BCUT2D eigenvalue weighted by Crippen LogP contribution is 2.34. The standard InChI is InChI=1S/C21H30Cl2FNO3/c1-4-17-14-18(26-13-10-20(23)24)15-19(22)21(17)27-11-8-6-5-7-9-12-28-25-16(2)3/h10,14-15H,4-9,11-13H2,1-3H3/b20-10-. The number of nitrogens with zero attached hydrogens (tertiary/aromatic N) is 1. The molecule has 1 aromatic carbocycles. The van der Waals surface area contributed by atoms with Crippen molar-refractivity contribution in [2.45, 2.75) is 59.3 Å². The first-order chi connectivity index (χ1) is 13.4. The van der Waals surface area contributed by atoms with Crippen LogP contribution in [0, 0.1) is 0 Å².